The molecule has 0 aromatic rings. The Labute approximate surface area is 60.2 Å². The minimum absolute atomic E-state index is 0.0972. The van der Waals surface area contributed by atoms with Gasteiger partial charge in [-0.3, -0.25) is 4.90 Å². The number of nitrogens with zero attached hydrogens (tertiary/aromatic N) is 1. The fourth-order valence-corrected chi connectivity index (χ4v) is 2.13. The van der Waals surface area contributed by atoms with Crippen molar-refractivity contribution in [3.05, 3.63) is 0 Å². The van der Waals surface area contributed by atoms with E-state index in [9.17, 15) is 0 Å². The van der Waals surface area contributed by atoms with E-state index in [0.29, 0.717) is 0 Å². The molecule has 1 fully saturated rings. The number of rotatable bonds is 0. The van der Waals surface area contributed by atoms with E-state index in [2.05, 4.69) is 31.5 Å². The predicted octanol–water partition coefficient (Wildman–Crippen LogP) is 1.27. The van der Waals surface area contributed by atoms with Gasteiger partial charge in [0.25, 0.3) is 0 Å². The smallest absolute Gasteiger partial charge is 0.108 e. The van der Waals surface area contributed by atoms with Gasteiger partial charge >= 0.3 is 0 Å². The van der Waals surface area contributed by atoms with Crippen LogP contribution >= 0.6 is 24.4 Å². The van der Waals surface area contributed by atoms with Gasteiger partial charge in [-0.2, -0.15) is 0 Å². The zero-order valence-corrected chi connectivity index (χ0v) is 6.93. The van der Waals surface area contributed by atoms with Gasteiger partial charge in [0.15, 0.2) is 0 Å². The number of thiol groups is 1. The lowest BCUT2D eigenvalue weighted by molar-refractivity contribution is 0.344. The number of thioether (sulfide) groups is 1. The van der Waals surface area contributed by atoms with Gasteiger partial charge in [0.2, 0.25) is 0 Å². The zero-order valence-electron chi connectivity index (χ0n) is 5.22. The average Bonchev–Trinajstić information content (AvgIpc) is 1.86. The molecule has 0 aliphatic carbocycles. The molecule has 1 rings (SSSR count). The van der Waals surface area contributed by atoms with Crippen LogP contribution < -0.4 is 0 Å². The molecule has 1 heterocycles. The standard InChI is InChI=1S/C5H11NS2/c1-5(7)6(2)3-4-8-5/h7H,3-4H2,1-2H3. The molecule has 0 N–H and O–H groups in total. The van der Waals surface area contributed by atoms with Crippen molar-refractivity contribution in [1.82, 2.24) is 4.90 Å². The van der Waals surface area contributed by atoms with Crippen LogP contribution in [-0.4, -0.2) is 28.4 Å². The Hall–Kier alpha value is 0.660. The van der Waals surface area contributed by atoms with Crippen LogP contribution in [0.25, 0.3) is 0 Å². The molecule has 1 aliphatic rings. The van der Waals surface area contributed by atoms with Gasteiger partial charge in [-0.15, -0.1) is 24.4 Å². The summed E-state index contributed by atoms with van der Waals surface area (Å²) in [6.45, 7) is 3.30. The van der Waals surface area contributed by atoms with E-state index in [1.165, 1.54) is 12.3 Å². The first kappa shape index (κ1) is 6.78. The predicted molar refractivity (Wildman–Crippen MR) is 42.5 cm³/mol. The molecule has 48 valence electrons. The van der Waals surface area contributed by atoms with Crippen LogP contribution in [0, 0.1) is 0 Å². The van der Waals surface area contributed by atoms with Gasteiger partial charge in [-0.1, -0.05) is 0 Å². The van der Waals surface area contributed by atoms with Crippen molar-refractivity contribution in [3.63, 3.8) is 0 Å². The summed E-state index contributed by atoms with van der Waals surface area (Å²) in [4.78, 5) is 2.25. The van der Waals surface area contributed by atoms with Crippen LogP contribution in [0.5, 0.6) is 0 Å². The number of hydrogen-bond donors (Lipinski definition) is 1. The molecule has 1 atom stereocenters. The quantitative estimate of drug-likeness (QED) is 0.517. The van der Waals surface area contributed by atoms with Crippen molar-refractivity contribution in [3.8, 4) is 0 Å². The van der Waals surface area contributed by atoms with Gasteiger partial charge < -0.3 is 0 Å². The highest BCUT2D eigenvalue weighted by Crippen LogP contribution is 2.36. The van der Waals surface area contributed by atoms with Crippen LogP contribution in [0.3, 0.4) is 0 Å². The second-order valence-corrected chi connectivity index (χ2v) is 4.87. The Balaban J connectivity index is 2.54. The van der Waals surface area contributed by atoms with Gasteiger partial charge in [0, 0.05) is 12.3 Å². The van der Waals surface area contributed by atoms with Crippen LogP contribution in [0.2, 0.25) is 0 Å². The lowest BCUT2D eigenvalue weighted by Gasteiger charge is -2.24. The Bertz CT molecular complexity index is 92.4. The largest absolute Gasteiger partial charge is 0.283 e. The van der Waals surface area contributed by atoms with Crippen LogP contribution in [0.1, 0.15) is 6.92 Å². The third-order valence-electron chi connectivity index (χ3n) is 1.51. The minimum atomic E-state index is 0.0972. The van der Waals surface area contributed by atoms with E-state index in [4.69, 9.17) is 0 Å². The van der Waals surface area contributed by atoms with E-state index in [1.807, 2.05) is 11.8 Å². The molecule has 1 saturated heterocycles. The molecule has 1 unspecified atom stereocenters. The average molecular weight is 149 g/mol. The van der Waals surface area contributed by atoms with E-state index < -0.39 is 0 Å². The first-order valence-electron chi connectivity index (χ1n) is 2.70. The molecule has 0 amide bonds. The molecule has 3 heteroatoms. The Morgan fingerprint density at radius 2 is 2.38 bits per heavy atom. The first-order chi connectivity index (χ1) is 3.63. The molecular weight excluding hydrogens is 138 g/mol. The maximum absolute atomic E-state index is 4.43. The van der Waals surface area contributed by atoms with Crippen molar-refractivity contribution in [2.45, 2.75) is 11.1 Å². The molecular formula is C5H11NS2. The lowest BCUT2D eigenvalue weighted by Crippen LogP contribution is -2.29. The van der Waals surface area contributed by atoms with Crippen LogP contribution in [0.4, 0.5) is 0 Å². The summed E-state index contributed by atoms with van der Waals surface area (Å²) in [5, 5.41) is 0. The topological polar surface area (TPSA) is 3.24 Å². The SMILES string of the molecule is CN1CCSC1(C)S. The fraction of sp³-hybridized carbons (Fsp3) is 1.00. The molecule has 0 aromatic carbocycles. The third-order valence-corrected chi connectivity index (χ3v) is 3.48. The monoisotopic (exact) mass is 149 g/mol. The Morgan fingerprint density at radius 1 is 1.75 bits per heavy atom. The normalized spacial score (nSPS) is 40.9. The summed E-state index contributed by atoms with van der Waals surface area (Å²) in [5.41, 5.74) is 0. The zero-order chi connectivity index (χ0) is 6.20. The molecule has 1 aliphatic heterocycles. The summed E-state index contributed by atoms with van der Waals surface area (Å²) < 4.78 is 0.0972. The molecule has 0 aromatic heterocycles. The second-order valence-electron chi connectivity index (χ2n) is 2.20. The van der Waals surface area contributed by atoms with Gasteiger partial charge in [-0.25, -0.2) is 0 Å². The molecule has 8 heavy (non-hydrogen) atoms. The summed E-state index contributed by atoms with van der Waals surface area (Å²) in [6.07, 6.45) is 0. The highest BCUT2D eigenvalue weighted by atomic mass is 32.2. The van der Waals surface area contributed by atoms with Crippen molar-refractivity contribution in [1.29, 1.82) is 0 Å². The first-order valence-corrected chi connectivity index (χ1v) is 4.14. The molecule has 0 bridgehead atoms. The molecule has 1 nitrogen and oxygen atoms in total. The molecule has 0 saturated carbocycles. The van der Waals surface area contributed by atoms with E-state index in [1.54, 1.807) is 0 Å². The maximum Gasteiger partial charge on any atom is 0.108 e. The maximum atomic E-state index is 4.43. The van der Waals surface area contributed by atoms with E-state index in [-0.39, 0.29) is 4.20 Å². The van der Waals surface area contributed by atoms with Crippen molar-refractivity contribution in [2.24, 2.45) is 0 Å². The molecule has 0 radical (unpaired) electrons. The highest BCUT2D eigenvalue weighted by Gasteiger charge is 2.30. The molecule has 0 spiro atoms. The van der Waals surface area contributed by atoms with E-state index in [0.717, 1.165) is 0 Å². The van der Waals surface area contributed by atoms with Crippen LogP contribution in [0.15, 0.2) is 0 Å². The Morgan fingerprint density at radius 3 is 2.50 bits per heavy atom. The lowest BCUT2D eigenvalue weighted by atomic mass is 10.6. The minimum Gasteiger partial charge on any atom is -0.283 e. The highest BCUT2D eigenvalue weighted by molar-refractivity contribution is 8.11. The number of hydrogen-bond acceptors (Lipinski definition) is 3. The van der Waals surface area contributed by atoms with E-state index >= 15 is 0 Å². The van der Waals surface area contributed by atoms with Crippen LogP contribution in [-0.2, 0) is 0 Å². The Kier molecular flexibility index (Phi) is 1.80. The van der Waals surface area contributed by atoms with Crippen molar-refractivity contribution < 1.29 is 0 Å². The van der Waals surface area contributed by atoms with Gasteiger partial charge in [0.05, 0.1) is 0 Å². The van der Waals surface area contributed by atoms with Crippen molar-refractivity contribution >= 4 is 24.4 Å². The van der Waals surface area contributed by atoms with Gasteiger partial charge in [-0.05, 0) is 14.0 Å². The third kappa shape index (κ3) is 1.14. The summed E-state index contributed by atoms with van der Waals surface area (Å²) in [6, 6.07) is 0. The summed E-state index contributed by atoms with van der Waals surface area (Å²) in [5.74, 6) is 1.22. The van der Waals surface area contributed by atoms with Gasteiger partial charge in [0.1, 0.15) is 4.20 Å². The van der Waals surface area contributed by atoms with Crippen molar-refractivity contribution in [2.75, 3.05) is 19.3 Å². The fourth-order valence-electron chi connectivity index (χ4n) is 0.694. The summed E-state index contributed by atoms with van der Waals surface area (Å²) in [7, 11) is 2.10. The summed E-state index contributed by atoms with van der Waals surface area (Å²) >= 11 is 6.33. The second kappa shape index (κ2) is 2.12.